The number of carbonyl (C=O) groups excluding carboxylic acids is 1. The monoisotopic (exact) mass is 300 g/mol. The molecule has 3 aliphatic rings. The largest absolute Gasteiger partial charge is 0.352 e. The molecule has 3 rings (SSSR count). The van der Waals surface area contributed by atoms with Crippen molar-refractivity contribution in [2.45, 2.75) is 44.2 Å². The highest BCUT2D eigenvalue weighted by Crippen LogP contribution is 2.44. The number of amides is 1. The lowest BCUT2D eigenvalue weighted by molar-refractivity contribution is -0.123. The number of nitrogens with zero attached hydrogens (tertiary/aromatic N) is 1. The standard InChI is InChI=1S/C14H24N2O3S/c1-16(12-6-7-20(18,19)9-12)8-13(17)15-14(10-2-3-10)11-4-5-11/h10-12,14H,2-9H2,1H3,(H,15,17). The van der Waals surface area contributed by atoms with Crippen LogP contribution in [0.4, 0.5) is 0 Å². The first kappa shape index (κ1) is 14.3. The lowest BCUT2D eigenvalue weighted by Gasteiger charge is -2.24. The van der Waals surface area contributed by atoms with Crippen molar-refractivity contribution in [1.29, 1.82) is 0 Å². The van der Waals surface area contributed by atoms with Crippen molar-refractivity contribution < 1.29 is 13.2 Å². The highest BCUT2D eigenvalue weighted by Gasteiger charge is 2.42. The topological polar surface area (TPSA) is 66.5 Å². The summed E-state index contributed by atoms with van der Waals surface area (Å²) < 4.78 is 23.0. The SMILES string of the molecule is CN(CC(=O)NC(C1CC1)C1CC1)C1CCS(=O)(=O)C1. The van der Waals surface area contributed by atoms with Gasteiger partial charge in [-0.3, -0.25) is 9.69 Å². The number of rotatable bonds is 6. The van der Waals surface area contributed by atoms with Gasteiger partial charge < -0.3 is 5.32 Å². The second-order valence-electron chi connectivity index (χ2n) is 6.74. The van der Waals surface area contributed by atoms with Crippen LogP contribution in [0.3, 0.4) is 0 Å². The van der Waals surface area contributed by atoms with Gasteiger partial charge in [0, 0.05) is 12.1 Å². The molecule has 6 heteroatoms. The highest BCUT2D eigenvalue weighted by atomic mass is 32.2. The van der Waals surface area contributed by atoms with Crippen molar-refractivity contribution in [2.75, 3.05) is 25.1 Å². The summed E-state index contributed by atoms with van der Waals surface area (Å²) in [7, 11) is -1.02. The number of sulfone groups is 1. The number of likely N-dealkylation sites (N-methyl/N-ethyl adjacent to an activating group) is 1. The van der Waals surface area contributed by atoms with E-state index >= 15 is 0 Å². The summed E-state index contributed by atoms with van der Waals surface area (Å²) >= 11 is 0. The van der Waals surface area contributed by atoms with Crippen LogP contribution in [0.1, 0.15) is 32.1 Å². The van der Waals surface area contributed by atoms with Gasteiger partial charge in [0.1, 0.15) is 0 Å². The van der Waals surface area contributed by atoms with E-state index in [1.54, 1.807) is 0 Å². The Kier molecular flexibility index (Phi) is 3.79. The van der Waals surface area contributed by atoms with Gasteiger partial charge in [0.25, 0.3) is 0 Å². The molecule has 1 heterocycles. The smallest absolute Gasteiger partial charge is 0.234 e. The normalized spacial score (nSPS) is 29.1. The lowest BCUT2D eigenvalue weighted by atomic mass is 10.1. The molecule has 1 unspecified atom stereocenters. The highest BCUT2D eigenvalue weighted by molar-refractivity contribution is 7.91. The molecule has 0 aromatic carbocycles. The Morgan fingerprint density at radius 1 is 1.20 bits per heavy atom. The first-order valence-corrected chi connectivity index (χ1v) is 9.47. The summed E-state index contributed by atoms with van der Waals surface area (Å²) in [4.78, 5) is 14.0. The second kappa shape index (κ2) is 5.30. The minimum absolute atomic E-state index is 0.00560. The summed E-state index contributed by atoms with van der Waals surface area (Å²) in [6.07, 6.45) is 5.65. The van der Waals surface area contributed by atoms with Crippen LogP contribution in [0.25, 0.3) is 0 Å². The molecule has 1 N–H and O–H groups in total. The Hall–Kier alpha value is -0.620. The van der Waals surface area contributed by atoms with Gasteiger partial charge in [0.05, 0.1) is 18.1 Å². The Morgan fingerprint density at radius 2 is 1.80 bits per heavy atom. The van der Waals surface area contributed by atoms with Crippen molar-refractivity contribution in [3.8, 4) is 0 Å². The second-order valence-corrected chi connectivity index (χ2v) is 8.97. The first-order chi connectivity index (χ1) is 9.44. The zero-order chi connectivity index (χ0) is 14.3. The fourth-order valence-electron chi connectivity index (χ4n) is 3.24. The van der Waals surface area contributed by atoms with Crippen molar-refractivity contribution in [2.24, 2.45) is 11.8 Å². The van der Waals surface area contributed by atoms with Crippen molar-refractivity contribution in [3.05, 3.63) is 0 Å². The van der Waals surface area contributed by atoms with E-state index in [1.807, 2.05) is 11.9 Å². The van der Waals surface area contributed by atoms with E-state index in [0.29, 0.717) is 30.8 Å². The number of nitrogens with one attached hydrogen (secondary N) is 1. The van der Waals surface area contributed by atoms with Gasteiger partial charge >= 0.3 is 0 Å². The molecule has 1 saturated heterocycles. The zero-order valence-corrected chi connectivity index (χ0v) is 12.9. The average Bonchev–Trinajstić information content (AvgIpc) is 3.24. The zero-order valence-electron chi connectivity index (χ0n) is 12.0. The van der Waals surface area contributed by atoms with Crippen molar-refractivity contribution in [3.63, 3.8) is 0 Å². The van der Waals surface area contributed by atoms with Gasteiger partial charge in [0.2, 0.25) is 5.91 Å². The molecule has 5 nitrogen and oxygen atoms in total. The van der Waals surface area contributed by atoms with Gasteiger partial charge in [-0.25, -0.2) is 8.42 Å². The van der Waals surface area contributed by atoms with Crippen LogP contribution in [-0.2, 0) is 14.6 Å². The van der Waals surface area contributed by atoms with Gasteiger partial charge in [0.15, 0.2) is 9.84 Å². The molecule has 1 aliphatic heterocycles. The maximum atomic E-state index is 12.1. The molecular formula is C14H24N2O3S. The molecule has 0 aromatic heterocycles. The molecule has 2 aliphatic carbocycles. The Balaban J connectivity index is 1.48. The summed E-state index contributed by atoms with van der Waals surface area (Å²) in [5.41, 5.74) is 0. The van der Waals surface area contributed by atoms with Gasteiger partial charge in [-0.2, -0.15) is 0 Å². The van der Waals surface area contributed by atoms with Crippen LogP contribution < -0.4 is 5.32 Å². The van der Waals surface area contributed by atoms with E-state index in [-0.39, 0.29) is 23.5 Å². The number of hydrogen-bond acceptors (Lipinski definition) is 4. The first-order valence-electron chi connectivity index (χ1n) is 7.64. The van der Waals surface area contributed by atoms with E-state index in [2.05, 4.69) is 5.32 Å². The fraction of sp³-hybridized carbons (Fsp3) is 0.929. The minimum atomic E-state index is -2.88. The molecule has 2 saturated carbocycles. The molecule has 3 fully saturated rings. The maximum absolute atomic E-state index is 12.1. The Bertz CT molecular complexity index is 471. The van der Waals surface area contributed by atoms with Gasteiger partial charge in [-0.05, 0) is 51.0 Å². The fourth-order valence-corrected chi connectivity index (χ4v) is 5.05. The third kappa shape index (κ3) is 3.52. The summed E-state index contributed by atoms with van der Waals surface area (Å²) in [6, 6.07) is 0.384. The Morgan fingerprint density at radius 3 is 2.25 bits per heavy atom. The van der Waals surface area contributed by atoms with Gasteiger partial charge in [-0.15, -0.1) is 0 Å². The van der Waals surface area contributed by atoms with Crippen LogP contribution in [-0.4, -0.2) is 56.4 Å². The summed E-state index contributed by atoms with van der Waals surface area (Å²) in [5.74, 6) is 1.91. The van der Waals surface area contributed by atoms with Crippen LogP contribution in [0.2, 0.25) is 0 Å². The maximum Gasteiger partial charge on any atom is 0.234 e. The van der Waals surface area contributed by atoms with Gasteiger partial charge in [-0.1, -0.05) is 0 Å². The van der Waals surface area contributed by atoms with Crippen LogP contribution in [0.15, 0.2) is 0 Å². The van der Waals surface area contributed by atoms with E-state index in [1.165, 1.54) is 25.7 Å². The van der Waals surface area contributed by atoms with Crippen LogP contribution in [0, 0.1) is 11.8 Å². The predicted octanol–water partition coefficient (Wildman–Crippen LogP) is 0.410. The lowest BCUT2D eigenvalue weighted by Crippen LogP contribution is -2.45. The predicted molar refractivity (Wildman–Crippen MR) is 77.1 cm³/mol. The quantitative estimate of drug-likeness (QED) is 0.771. The molecule has 0 radical (unpaired) electrons. The van der Waals surface area contributed by atoms with E-state index < -0.39 is 9.84 Å². The van der Waals surface area contributed by atoms with Crippen LogP contribution in [0.5, 0.6) is 0 Å². The summed E-state index contributed by atoms with van der Waals surface area (Å²) in [5, 5.41) is 3.19. The third-order valence-electron chi connectivity index (χ3n) is 4.81. The Labute approximate surface area is 121 Å². The van der Waals surface area contributed by atoms with Crippen molar-refractivity contribution >= 4 is 15.7 Å². The summed E-state index contributed by atoms with van der Waals surface area (Å²) in [6.45, 7) is 0.316. The number of carbonyl (C=O) groups is 1. The molecule has 0 bridgehead atoms. The van der Waals surface area contributed by atoms with Crippen LogP contribution >= 0.6 is 0 Å². The molecule has 0 aromatic rings. The molecular weight excluding hydrogens is 276 g/mol. The van der Waals surface area contributed by atoms with E-state index in [0.717, 1.165) is 0 Å². The average molecular weight is 300 g/mol. The van der Waals surface area contributed by atoms with E-state index in [4.69, 9.17) is 0 Å². The molecule has 114 valence electrons. The number of hydrogen-bond donors (Lipinski definition) is 1. The minimum Gasteiger partial charge on any atom is -0.352 e. The van der Waals surface area contributed by atoms with Crippen molar-refractivity contribution in [1.82, 2.24) is 10.2 Å². The molecule has 20 heavy (non-hydrogen) atoms. The molecule has 0 spiro atoms. The third-order valence-corrected chi connectivity index (χ3v) is 6.56. The van der Waals surface area contributed by atoms with E-state index in [9.17, 15) is 13.2 Å². The molecule has 1 amide bonds. The molecule has 1 atom stereocenters.